The van der Waals surface area contributed by atoms with Gasteiger partial charge in [-0.25, -0.2) is 14.5 Å². The molecule has 0 aromatic carbocycles. The molecule has 4 heterocycles. The molecule has 0 spiro atoms. The molecule has 0 saturated carbocycles. The Labute approximate surface area is 133 Å². The first-order valence-electron chi connectivity index (χ1n) is 7.81. The second-order valence-corrected chi connectivity index (χ2v) is 5.88. The molecule has 23 heavy (non-hydrogen) atoms. The molecule has 0 radical (unpaired) electrons. The van der Waals surface area contributed by atoms with Gasteiger partial charge < -0.3 is 9.47 Å². The first kappa shape index (κ1) is 13.9. The number of piperidine rings is 1. The van der Waals surface area contributed by atoms with Crippen LogP contribution >= 0.6 is 0 Å². The molecule has 1 fully saturated rings. The smallest absolute Gasteiger partial charge is 0.259 e. The standard InChI is InChI=1S/C16H18N6O/c1-12-17-6-9-21(12)13-4-2-7-20(11-13)16(23)14-10-19-22-8-3-5-18-15(14)22/h3,5-6,8-10,13H,2,4,7,11H2,1H3/t13-/m0/s1. The van der Waals surface area contributed by atoms with Gasteiger partial charge in [0.1, 0.15) is 11.4 Å². The number of carbonyl (C=O) groups is 1. The van der Waals surface area contributed by atoms with Crippen LogP contribution in [-0.4, -0.2) is 48.0 Å². The summed E-state index contributed by atoms with van der Waals surface area (Å²) >= 11 is 0. The van der Waals surface area contributed by atoms with Crippen molar-refractivity contribution in [1.29, 1.82) is 0 Å². The molecule has 1 saturated heterocycles. The zero-order chi connectivity index (χ0) is 15.8. The third-order valence-corrected chi connectivity index (χ3v) is 4.45. The van der Waals surface area contributed by atoms with Gasteiger partial charge in [-0.2, -0.15) is 5.10 Å². The fourth-order valence-corrected chi connectivity index (χ4v) is 3.29. The van der Waals surface area contributed by atoms with Crippen molar-refractivity contribution in [2.45, 2.75) is 25.8 Å². The monoisotopic (exact) mass is 310 g/mol. The summed E-state index contributed by atoms with van der Waals surface area (Å²) in [5, 5.41) is 4.21. The Hall–Kier alpha value is -2.70. The molecule has 7 nitrogen and oxygen atoms in total. The van der Waals surface area contributed by atoms with Crippen molar-refractivity contribution in [3.63, 3.8) is 0 Å². The van der Waals surface area contributed by atoms with Gasteiger partial charge in [0.2, 0.25) is 0 Å². The van der Waals surface area contributed by atoms with Crippen LogP contribution in [0.15, 0.2) is 37.1 Å². The van der Waals surface area contributed by atoms with Crippen molar-refractivity contribution in [2.24, 2.45) is 0 Å². The topological polar surface area (TPSA) is 68.3 Å². The second-order valence-electron chi connectivity index (χ2n) is 5.88. The van der Waals surface area contributed by atoms with Gasteiger partial charge >= 0.3 is 0 Å². The molecule has 1 aliphatic heterocycles. The number of imidazole rings is 1. The Morgan fingerprint density at radius 3 is 3.00 bits per heavy atom. The van der Waals surface area contributed by atoms with E-state index < -0.39 is 0 Å². The number of aromatic nitrogens is 5. The van der Waals surface area contributed by atoms with Gasteiger partial charge in [0.15, 0.2) is 5.65 Å². The SMILES string of the molecule is Cc1nccn1[C@H]1CCCN(C(=O)c2cnn3cccnc23)C1. The predicted molar refractivity (Wildman–Crippen MR) is 84.1 cm³/mol. The van der Waals surface area contributed by atoms with Crippen molar-refractivity contribution in [3.8, 4) is 0 Å². The number of rotatable bonds is 2. The van der Waals surface area contributed by atoms with Crippen molar-refractivity contribution < 1.29 is 4.79 Å². The van der Waals surface area contributed by atoms with E-state index in [1.165, 1.54) is 0 Å². The lowest BCUT2D eigenvalue weighted by molar-refractivity contribution is 0.0680. The maximum absolute atomic E-state index is 12.9. The molecule has 0 N–H and O–H groups in total. The number of hydrogen-bond donors (Lipinski definition) is 0. The number of nitrogens with zero attached hydrogens (tertiary/aromatic N) is 6. The van der Waals surface area contributed by atoms with E-state index in [9.17, 15) is 4.79 Å². The van der Waals surface area contributed by atoms with Crippen molar-refractivity contribution in [1.82, 2.24) is 29.0 Å². The molecule has 0 unspecified atom stereocenters. The Morgan fingerprint density at radius 2 is 2.17 bits per heavy atom. The van der Waals surface area contributed by atoms with Gasteiger partial charge in [-0.15, -0.1) is 0 Å². The fourth-order valence-electron chi connectivity index (χ4n) is 3.29. The molecular formula is C16H18N6O. The van der Waals surface area contributed by atoms with E-state index in [4.69, 9.17) is 0 Å². The van der Waals surface area contributed by atoms with Crippen LogP contribution in [0.4, 0.5) is 0 Å². The molecule has 0 bridgehead atoms. The minimum atomic E-state index is 0.00108. The summed E-state index contributed by atoms with van der Waals surface area (Å²) in [7, 11) is 0. The first-order chi connectivity index (χ1) is 11.2. The Kier molecular flexibility index (Phi) is 3.33. The van der Waals surface area contributed by atoms with Crippen LogP contribution < -0.4 is 0 Å². The third-order valence-electron chi connectivity index (χ3n) is 4.45. The minimum Gasteiger partial charge on any atom is -0.336 e. The lowest BCUT2D eigenvalue weighted by Crippen LogP contribution is -2.40. The number of fused-ring (bicyclic) bond motifs is 1. The highest BCUT2D eigenvalue weighted by Gasteiger charge is 2.27. The van der Waals surface area contributed by atoms with Gasteiger partial charge in [0.05, 0.1) is 12.2 Å². The number of hydrogen-bond acceptors (Lipinski definition) is 4. The van der Waals surface area contributed by atoms with Gasteiger partial charge in [0.25, 0.3) is 5.91 Å². The van der Waals surface area contributed by atoms with E-state index >= 15 is 0 Å². The van der Waals surface area contributed by atoms with E-state index in [-0.39, 0.29) is 11.9 Å². The van der Waals surface area contributed by atoms with Gasteiger partial charge in [0, 0.05) is 37.9 Å². The molecule has 1 amide bonds. The van der Waals surface area contributed by atoms with E-state index in [1.54, 1.807) is 29.2 Å². The van der Waals surface area contributed by atoms with Crippen LogP contribution in [0.1, 0.15) is 35.1 Å². The third kappa shape index (κ3) is 2.38. The number of aryl methyl sites for hydroxylation is 1. The maximum atomic E-state index is 12.9. The highest BCUT2D eigenvalue weighted by Crippen LogP contribution is 2.24. The summed E-state index contributed by atoms with van der Waals surface area (Å²) in [4.78, 5) is 23.4. The Bertz CT molecular complexity index is 851. The summed E-state index contributed by atoms with van der Waals surface area (Å²) in [6.45, 7) is 3.46. The van der Waals surface area contributed by atoms with Gasteiger partial charge in [-0.05, 0) is 25.8 Å². The highest BCUT2D eigenvalue weighted by molar-refractivity contribution is 5.99. The van der Waals surface area contributed by atoms with Gasteiger partial charge in [-0.1, -0.05) is 0 Å². The fraction of sp³-hybridized carbons (Fsp3) is 0.375. The average Bonchev–Trinajstić information content (AvgIpc) is 3.20. The molecule has 1 aliphatic rings. The molecule has 3 aromatic heterocycles. The van der Waals surface area contributed by atoms with Gasteiger partial charge in [-0.3, -0.25) is 4.79 Å². The number of likely N-dealkylation sites (tertiary alicyclic amines) is 1. The number of carbonyl (C=O) groups excluding carboxylic acids is 1. The maximum Gasteiger partial charge on any atom is 0.259 e. The lowest BCUT2D eigenvalue weighted by atomic mass is 10.0. The summed E-state index contributed by atoms with van der Waals surface area (Å²) in [5.74, 6) is 0.989. The zero-order valence-corrected chi connectivity index (χ0v) is 13.0. The van der Waals surface area contributed by atoms with Crippen molar-refractivity contribution in [2.75, 3.05) is 13.1 Å². The van der Waals surface area contributed by atoms with Crippen molar-refractivity contribution in [3.05, 3.63) is 48.4 Å². The van der Waals surface area contributed by atoms with Crippen LogP contribution in [0, 0.1) is 6.92 Å². The van der Waals surface area contributed by atoms with E-state index in [0.717, 1.165) is 25.2 Å². The van der Waals surface area contributed by atoms with Crippen molar-refractivity contribution >= 4 is 11.6 Å². The van der Waals surface area contributed by atoms with E-state index in [0.29, 0.717) is 17.8 Å². The Balaban J connectivity index is 1.60. The average molecular weight is 310 g/mol. The Morgan fingerprint density at radius 1 is 1.26 bits per heavy atom. The molecule has 3 aromatic rings. The van der Waals surface area contributed by atoms with Crippen LogP contribution in [0.5, 0.6) is 0 Å². The number of amides is 1. The summed E-state index contributed by atoms with van der Waals surface area (Å²) in [5.41, 5.74) is 1.17. The largest absolute Gasteiger partial charge is 0.336 e. The summed E-state index contributed by atoms with van der Waals surface area (Å²) in [6, 6.07) is 2.08. The van der Waals surface area contributed by atoms with Crippen LogP contribution in [0.2, 0.25) is 0 Å². The lowest BCUT2D eigenvalue weighted by Gasteiger charge is -2.33. The first-order valence-corrected chi connectivity index (χ1v) is 7.81. The molecule has 1 atom stereocenters. The van der Waals surface area contributed by atoms with E-state index in [2.05, 4.69) is 19.6 Å². The van der Waals surface area contributed by atoms with Crippen LogP contribution in [-0.2, 0) is 0 Å². The molecular weight excluding hydrogens is 292 g/mol. The second kappa shape index (κ2) is 5.49. The van der Waals surface area contributed by atoms with E-state index in [1.807, 2.05) is 24.2 Å². The summed E-state index contributed by atoms with van der Waals surface area (Å²) in [6.07, 6.45) is 10.9. The zero-order valence-electron chi connectivity index (χ0n) is 13.0. The highest BCUT2D eigenvalue weighted by atomic mass is 16.2. The van der Waals surface area contributed by atoms with Crippen LogP contribution in [0.3, 0.4) is 0 Å². The summed E-state index contributed by atoms with van der Waals surface area (Å²) < 4.78 is 3.79. The molecule has 0 aliphatic carbocycles. The minimum absolute atomic E-state index is 0.00108. The molecule has 118 valence electrons. The van der Waals surface area contributed by atoms with Crippen LogP contribution in [0.25, 0.3) is 5.65 Å². The quantitative estimate of drug-likeness (QED) is 0.722. The molecule has 4 rings (SSSR count). The predicted octanol–water partition coefficient (Wildman–Crippen LogP) is 1.71. The molecule has 7 heteroatoms. The normalized spacial score (nSPS) is 18.5.